The molecule has 0 bridgehead atoms. The molecule has 1 aliphatic rings. The van der Waals surface area contributed by atoms with Gasteiger partial charge in [0.25, 0.3) is 0 Å². The van der Waals surface area contributed by atoms with Crippen LogP contribution >= 0.6 is 15.9 Å². The molecule has 0 saturated carbocycles. The quantitative estimate of drug-likeness (QED) is 0.786. The van der Waals surface area contributed by atoms with Crippen LogP contribution in [-0.4, -0.2) is 30.1 Å². The molecular formula is C11H11BrN2O3. The second-order valence-corrected chi connectivity index (χ2v) is 4.70. The number of amides is 1. The number of nitrogens with one attached hydrogen (secondary N) is 2. The van der Waals surface area contributed by atoms with Gasteiger partial charge in [-0.3, -0.25) is 4.79 Å². The van der Waals surface area contributed by atoms with Crippen molar-refractivity contribution < 1.29 is 14.7 Å². The second kappa shape index (κ2) is 4.85. The molecule has 5 nitrogen and oxygen atoms in total. The maximum atomic E-state index is 11.7. The third kappa shape index (κ3) is 2.65. The Morgan fingerprint density at radius 2 is 2.12 bits per heavy atom. The number of benzene rings is 1. The van der Waals surface area contributed by atoms with E-state index in [4.69, 9.17) is 5.11 Å². The first-order valence-electron chi connectivity index (χ1n) is 5.12. The van der Waals surface area contributed by atoms with Crippen LogP contribution in [-0.2, 0) is 4.79 Å². The van der Waals surface area contributed by atoms with Crippen molar-refractivity contribution in [3.05, 3.63) is 28.2 Å². The van der Waals surface area contributed by atoms with Gasteiger partial charge in [0.15, 0.2) is 0 Å². The highest BCUT2D eigenvalue weighted by Crippen LogP contribution is 2.24. The van der Waals surface area contributed by atoms with E-state index in [9.17, 15) is 9.59 Å². The lowest BCUT2D eigenvalue weighted by atomic mass is 10.0. The molecule has 1 fully saturated rings. The van der Waals surface area contributed by atoms with E-state index < -0.39 is 5.97 Å². The first-order chi connectivity index (χ1) is 8.08. The van der Waals surface area contributed by atoms with Crippen LogP contribution in [0.2, 0.25) is 0 Å². The maximum absolute atomic E-state index is 11.7. The molecule has 0 spiro atoms. The van der Waals surface area contributed by atoms with Crippen LogP contribution in [0.15, 0.2) is 22.7 Å². The van der Waals surface area contributed by atoms with E-state index in [0.29, 0.717) is 23.2 Å². The molecule has 6 heteroatoms. The number of carboxylic acids is 1. The Balaban J connectivity index is 2.10. The van der Waals surface area contributed by atoms with E-state index in [0.717, 1.165) is 0 Å². The van der Waals surface area contributed by atoms with E-state index in [1.165, 1.54) is 12.1 Å². The predicted molar refractivity (Wildman–Crippen MR) is 66.1 cm³/mol. The molecule has 0 atom stereocenters. The van der Waals surface area contributed by atoms with Gasteiger partial charge in [0, 0.05) is 17.6 Å². The van der Waals surface area contributed by atoms with E-state index >= 15 is 0 Å². The van der Waals surface area contributed by atoms with Gasteiger partial charge in [0.2, 0.25) is 5.91 Å². The highest BCUT2D eigenvalue weighted by Gasteiger charge is 2.25. The number of rotatable bonds is 3. The smallest absolute Gasteiger partial charge is 0.335 e. The van der Waals surface area contributed by atoms with Crippen LogP contribution in [0, 0.1) is 5.92 Å². The molecule has 0 unspecified atom stereocenters. The lowest BCUT2D eigenvalue weighted by Gasteiger charge is -2.26. The van der Waals surface area contributed by atoms with Crippen molar-refractivity contribution in [1.29, 1.82) is 0 Å². The first-order valence-corrected chi connectivity index (χ1v) is 5.91. The van der Waals surface area contributed by atoms with Gasteiger partial charge in [-0.1, -0.05) is 0 Å². The molecule has 1 heterocycles. The zero-order valence-corrected chi connectivity index (χ0v) is 10.5. The van der Waals surface area contributed by atoms with Crippen molar-refractivity contribution in [2.24, 2.45) is 5.92 Å². The van der Waals surface area contributed by atoms with Crippen LogP contribution in [0.4, 0.5) is 5.69 Å². The van der Waals surface area contributed by atoms with Gasteiger partial charge < -0.3 is 15.7 Å². The number of anilines is 1. The fraction of sp³-hybridized carbons (Fsp3) is 0.273. The Morgan fingerprint density at radius 3 is 2.59 bits per heavy atom. The molecule has 1 aliphatic heterocycles. The molecule has 0 aromatic heterocycles. The molecule has 1 aromatic rings. The summed E-state index contributed by atoms with van der Waals surface area (Å²) in [6, 6.07) is 4.51. The summed E-state index contributed by atoms with van der Waals surface area (Å²) in [7, 11) is 0. The number of aromatic carboxylic acids is 1. The number of carbonyl (C=O) groups excluding carboxylic acids is 1. The fourth-order valence-corrected chi connectivity index (χ4v) is 1.94. The van der Waals surface area contributed by atoms with Crippen molar-refractivity contribution >= 4 is 33.5 Å². The number of carbonyl (C=O) groups is 2. The molecule has 1 amide bonds. The SMILES string of the molecule is O=C(O)c1ccc(NC(=O)C2CNC2)c(Br)c1. The summed E-state index contributed by atoms with van der Waals surface area (Å²) in [5.41, 5.74) is 0.770. The number of halogens is 1. The summed E-state index contributed by atoms with van der Waals surface area (Å²) in [5, 5.41) is 14.6. The predicted octanol–water partition coefficient (Wildman–Crippen LogP) is 1.31. The van der Waals surface area contributed by atoms with Gasteiger partial charge >= 0.3 is 5.97 Å². The third-order valence-electron chi connectivity index (χ3n) is 2.63. The van der Waals surface area contributed by atoms with E-state index in [2.05, 4.69) is 26.6 Å². The highest BCUT2D eigenvalue weighted by molar-refractivity contribution is 9.10. The fourth-order valence-electron chi connectivity index (χ4n) is 1.46. The zero-order valence-electron chi connectivity index (χ0n) is 8.87. The lowest BCUT2D eigenvalue weighted by molar-refractivity contribution is -0.121. The molecule has 0 aliphatic carbocycles. The molecule has 2 rings (SSSR count). The lowest BCUT2D eigenvalue weighted by Crippen LogP contribution is -2.48. The average Bonchev–Trinajstić information content (AvgIpc) is 2.18. The van der Waals surface area contributed by atoms with Crippen LogP contribution in [0.5, 0.6) is 0 Å². The molecule has 17 heavy (non-hydrogen) atoms. The minimum absolute atomic E-state index is 0.000972. The van der Waals surface area contributed by atoms with Crippen LogP contribution in [0.1, 0.15) is 10.4 Å². The Morgan fingerprint density at radius 1 is 1.41 bits per heavy atom. The summed E-state index contributed by atoms with van der Waals surface area (Å²) >= 11 is 3.24. The third-order valence-corrected chi connectivity index (χ3v) is 3.28. The van der Waals surface area contributed by atoms with E-state index in [1.54, 1.807) is 6.07 Å². The van der Waals surface area contributed by atoms with Crippen molar-refractivity contribution in [3.8, 4) is 0 Å². The van der Waals surface area contributed by atoms with E-state index in [-0.39, 0.29) is 17.4 Å². The first kappa shape index (κ1) is 12.1. The van der Waals surface area contributed by atoms with Crippen molar-refractivity contribution in [1.82, 2.24) is 5.32 Å². The molecule has 1 saturated heterocycles. The van der Waals surface area contributed by atoms with Crippen molar-refractivity contribution in [3.63, 3.8) is 0 Å². The largest absolute Gasteiger partial charge is 0.478 e. The average molecular weight is 299 g/mol. The van der Waals surface area contributed by atoms with Crippen molar-refractivity contribution in [2.75, 3.05) is 18.4 Å². The Kier molecular flexibility index (Phi) is 3.44. The minimum atomic E-state index is -0.994. The molecular weight excluding hydrogens is 288 g/mol. The van der Waals surface area contributed by atoms with Gasteiger partial charge in [-0.15, -0.1) is 0 Å². The van der Waals surface area contributed by atoms with Gasteiger partial charge in [-0.25, -0.2) is 4.79 Å². The normalized spacial score (nSPS) is 15.1. The van der Waals surface area contributed by atoms with Gasteiger partial charge in [0.05, 0.1) is 17.2 Å². The van der Waals surface area contributed by atoms with Crippen LogP contribution < -0.4 is 10.6 Å². The summed E-state index contributed by atoms with van der Waals surface area (Å²) < 4.78 is 0.568. The molecule has 3 N–H and O–H groups in total. The minimum Gasteiger partial charge on any atom is -0.478 e. The standard InChI is InChI=1S/C11H11BrN2O3/c12-8-3-6(11(16)17)1-2-9(8)14-10(15)7-4-13-5-7/h1-3,7,13H,4-5H2,(H,14,15)(H,16,17). The number of hydrogen-bond donors (Lipinski definition) is 3. The van der Waals surface area contributed by atoms with E-state index in [1.807, 2.05) is 0 Å². The van der Waals surface area contributed by atoms with Gasteiger partial charge in [-0.05, 0) is 34.1 Å². The van der Waals surface area contributed by atoms with Crippen LogP contribution in [0.3, 0.4) is 0 Å². The molecule has 1 aromatic carbocycles. The maximum Gasteiger partial charge on any atom is 0.335 e. The second-order valence-electron chi connectivity index (χ2n) is 3.84. The van der Waals surface area contributed by atoms with Gasteiger partial charge in [-0.2, -0.15) is 0 Å². The van der Waals surface area contributed by atoms with Crippen molar-refractivity contribution in [2.45, 2.75) is 0 Å². The molecule has 90 valence electrons. The Hall–Kier alpha value is -1.40. The summed E-state index contributed by atoms with van der Waals surface area (Å²) in [4.78, 5) is 22.4. The Bertz CT molecular complexity index is 472. The summed E-state index contributed by atoms with van der Waals surface area (Å²) in [6.45, 7) is 1.38. The summed E-state index contributed by atoms with van der Waals surface area (Å²) in [6.07, 6.45) is 0. The number of hydrogen-bond acceptors (Lipinski definition) is 3. The van der Waals surface area contributed by atoms with Crippen LogP contribution in [0.25, 0.3) is 0 Å². The van der Waals surface area contributed by atoms with Gasteiger partial charge in [0.1, 0.15) is 0 Å². The molecule has 0 radical (unpaired) electrons. The monoisotopic (exact) mass is 298 g/mol. The summed E-state index contributed by atoms with van der Waals surface area (Å²) in [5.74, 6) is -1.04. The number of carboxylic acid groups (broad SMARTS) is 1. The zero-order chi connectivity index (χ0) is 12.4. The topological polar surface area (TPSA) is 78.4 Å². The Labute approximate surface area is 106 Å². The highest BCUT2D eigenvalue weighted by atomic mass is 79.9.